The van der Waals surface area contributed by atoms with Crippen LogP contribution in [0.15, 0.2) is 46.9 Å². The van der Waals surface area contributed by atoms with E-state index >= 15 is 0 Å². The van der Waals surface area contributed by atoms with Gasteiger partial charge in [0.15, 0.2) is 0 Å². The molecule has 2 atom stereocenters. The summed E-state index contributed by atoms with van der Waals surface area (Å²) in [4.78, 5) is 13.9. The van der Waals surface area contributed by atoms with E-state index in [2.05, 4.69) is 77.1 Å². The summed E-state index contributed by atoms with van der Waals surface area (Å²) in [7, 11) is 0. The molecule has 2 aromatic carbocycles. The van der Waals surface area contributed by atoms with Gasteiger partial charge in [-0.1, -0.05) is 51.8 Å². The Morgan fingerprint density at radius 3 is 2.60 bits per heavy atom. The molecule has 0 aliphatic carbocycles. The predicted molar refractivity (Wildman–Crippen MR) is 104 cm³/mol. The van der Waals surface area contributed by atoms with Crippen molar-refractivity contribution in [2.24, 2.45) is 5.92 Å². The number of carboxylic acid groups (broad SMARTS) is 1. The quantitative estimate of drug-likeness (QED) is 0.787. The molecule has 4 heteroatoms. The molecular weight excluding hydrogens is 378 g/mol. The zero-order valence-electron chi connectivity index (χ0n) is 14.7. The highest BCUT2D eigenvalue weighted by Crippen LogP contribution is 2.35. The molecule has 0 aromatic heterocycles. The van der Waals surface area contributed by atoms with Crippen molar-refractivity contribution < 1.29 is 9.90 Å². The number of carbonyl (C=O) groups is 1. The zero-order valence-corrected chi connectivity index (χ0v) is 16.3. The highest BCUT2D eigenvalue weighted by Gasteiger charge is 2.31. The topological polar surface area (TPSA) is 40.5 Å². The third kappa shape index (κ3) is 4.13. The molecule has 1 N–H and O–H groups in total. The van der Waals surface area contributed by atoms with Gasteiger partial charge in [-0.15, -0.1) is 0 Å². The molecule has 3 rings (SSSR count). The van der Waals surface area contributed by atoms with Gasteiger partial charge in [0.25, 0.3) is 0 Å². The van der Waals surface area contributed by atoms with Crippen molar-refractivity contribution >= 4 is 21.9 Å². The van der Waals surface area contributed by atoms with Crippen LogP contribution in [0.1, 0.15) is 41.1 Å². The van der Waals surface area contributed by atoms with Crippen LogP contribution in [-0.4, -0.2) is 29.1 Å². The van der Waals surface area contributed by atoms with E-state index in [1.54, 1.807) is 0 Å². The number of hydrogen-bond acceptors (Lipinski definition) is 2. The molecule has 1 aliphatic heterocycles. The molecular formula is C21H24BrNO2. The van der Waals surface area contributed by atoms with E-state index in [9.17, 15) is 9.90 Å². The van der Waals surface area contributed by atoms with E-state index in [0.717, 1.165) is 23.9 Å². The first-order chi connectivity index (χ1) is 12.0. The minimum absolute atomic E-state index is 0.0927. The molecule has 0 bridgehead atoms. The second-order valence-corrected chi connectivity index (χ2v) is 7.90. The number of halogens is 1. The van der Waals surface area contributed by atoms with Gasteiger partial charge in [-0.05, 0) is 62.1 Å². The van der Waals surface area contributed by atoms with Crippen LogP contribution >= 0.6 is 15.9 Å². The normalized spacial score (nSPS) is 19.6. The van der Waals surface area contributed by atoms with E-state index in [1.807, 2.05) is 0 Å². The van der Waals surface area contributed by atoms with Crippen LogP contribution in [0.3, 0.4) is 0 Å². The Morgan fingerprint density at radius 1 is 1.20 bits per heavy atom. The molecule has 1 fully saturated rings. The van der Waals surface area contributed by atoms with Crippen LogP contribution in [0.25, 0.3) is 0 Å². The molecule has 1 heterocycles. The van der Waals surface area contributed by atoms with E-state index in [1.165, 1.54) is 22.3 Å². The first-order valence-electron chi connectivity index (χ1n) is 8.75. The standard InChI is InChI=1S/C21H24BrNO2/c1-14-5-6-15(2)19(12-14)20(16-7-9-18(22)10-8-16)23-11-3-4-17(13-23)21(24)25/h5-10,12,17,20H,3-4,11,13H2,1-2H3,(H,24,25). The largest absolute Gasteiger partial charge is 0.481 e. The predicted octanol–water partition coefficient (Wildman–Crippen LogP) is 4.95. The second kappa shape index (κ2) is 7.71. The summed E-state index contributed by atoms with van der Waals surface area (Å²) in [6.07, 6.45) is 1.69. The Balaban J connectivity index is 2.04. The van der Waals surface area contributed by atoms with E-state index in [4.69, 9.17) is 0 Å². The molecule has 0 radical (unpaired) electrons. The summed E-state index contributed by atoms with van der Waals surface area (Å²) in [6, 6.07) is 15.0. The summed E-state index contributed by atoms with van der Waals surface area (Å²) in [6.45, 7) is 5.78. The minimum atomic E-state index is -0.680. The van der Waals surface area contributed by atoms with Crippen LogP contribution < -0.4 is 0 Å². The van der Waals surface area contributed by atoms with E-state index in [0.29, 0.717) is 6.54 Å². The van der Waals surface area contributed by atoms with Gasteiger partial charge in [0, 0.05) is 11.0 Å². The summed E-state index contributed by atoms with van der Waals surface area (Å²) in [5.41, 5.74) is 4.96. The lowest BCUT2D eigenvalue weighted by molar-refractivity contribution is -0.143. The van der Waals surface area contributed by atoms with Crippen molar-refractivity contribution in [3.8, 4) is 0 Å². The number of rotatable bonds is 4. The van der Waals surface area contributed by atoms with Gasteiger partial charge < -0.3 is 5.11 Å². The van der Waals surface area contributed by atoms with E-state index < -0.39 is 5.97 Å². The monoisotopic (exact) mass is 401 g/mol. The first-order valence-corrected chi connectivity index (χ1v) is 9.54. The summed E-state index contributed by atoms with van der Waals surface area (Å²) >= 11 is 3.51. The molecule has 3 nitrogen and oxygen atoms in total. The highest BCUT2D eigenvalue weighted by molar-refractivity contribution is 9.10. The van der Waals surface area contributed by atoms with Gasteiger partial charge in [0.1, 0.15) is 0 Å². The average molecular weight is 402 g/mol. The number of carboxylic acids is 1. The van der Waals surface area contributed by atoms with Crippen molar-refractivity contribution in [3.63, 3.8) is 0 Å². The maximum absolute atomic E-state index is 11.5. The zero-order chi connectivity index (χ0) is 18.0. The number of aryl methyl sites for hydroxylation is 2. The van der Waals surface area contributed by atoms with E-state index in [-0.39, 0.29) is 12.0 Å². The SMILES string of the molecule is Cc1ccc(C)c(C(c2ccc(Br)cc2)N2CCCC(C(=O)O)C2)c1. The molecule has 0 amide bonds. The van der Waals surface area contributed by atoms with Crippen LogP contribution in [-0.2, 0) is 4.79 Å². The highest BCUT2D eigenvalue weighted by atomic mass is 79.9. The Morgan fingerprint density at radius 2 is 1.92 bits per heavy atom. The molecule has 2 aromatic rings. The Hall–Kier alpha value is -1.65. The number of likely N-dealkylation sites (tertiary alicyclic amines) is 1. The number of benzene rings is 2. The Kier molecular flexibility index (Phi) is 5.60. The van der Waals surface area contributed by atoms with Gasteiger partial charge in [-0.3, -0.25) is 9.69 Å². The van der Waals surface area contributed by atoms with Crippen LogP contribution in [0, 0.1) is 19.8 Å². The number of piperidine rings is 1. The van der Waals surface area contributed by atoms with Crippen molar-refractivity contribution in [2.45, 2.75) is 32.7 Å². The first kappa shape index (κ1) is 18.2. The summed E-state index contributed by atoms with van der Waals surface area (Å²) in [5, 5.41) is 9.48. The molecule has 0 spiro atoms. The third-order valence-electron chi connectivity index (χ3n) is 5.08. The lowest BCUT2D eigenvalue weighted by Gasteiger charge is -2.38. The fourth-order valence-corrected chi connectivity index (χ4v) is 3.99. The molecule has 25 heavy (non-hydrogen) atoms. The Labute approximate surface area is 157 Å². The minimum Gasteiger partial charge on any atom is -0.481 e. The average Bonchev–Trinajstić information content (AvgIpc) is 2.60. The Bertz CT molecular complexity index is 757. The summed E-state index contributed by atoms with van der Waals surface area (Å²) < 4.78 is 1.05. The number of nitrogens with zero attached hydrogens (tertiary/aromatic N) is 1. The molecule has 132 valence electrons. The smallest absolute Gasteiger partial charge is 0.307 e. The van der Waals surface area contributed by atoms with Crippen molar-refractivity contribution in [1.29, 1.82) is 0 Å². The lowest BCUT2D eigenvalue weighted by Crippen LogP contribution is -2.41. The number of hydrogen-bond donors (Lipinski definition) is 1. The maximum Gasteiger partial charge on any atom is 0.307 e. The van der Waals surface area contributed by atoms with Gasteiger partial charge in [-0.2, -0.15) is 0 Å². The van der Waals surface area contributed by atoms with Crippen LogP contribution in [0.5, 0.6) is 0 Å². The van der Waals surface area contributed by atoms with Gasteiger partial charge in [-0.25, -0.2) is 0 Å². The lowest BCUT2D eigenvalue weighted by atomic mass is 9.89. The van der Waals surface area contributed by atoms with Crippen LogP contribution in [0.4, 0.5) is 0 Å². The van der Waals surface area contributed by atoms with Gasteiger partial charge in [0.05, 0.1) is 12.0 Å². The fourth-order valence-electron chi connectivity index (χ4n) is 3.73. The maximum atomic E-state index is 11.5. The van der Waals surface area contributed by atoms with Crippen molar-refractivity contribution in [2.75, 3.05) is 13.1 Å². The summed E-state index contributed by atoms with van der Waals surface area (Å²) in [5.74, 6) is -0.961. The third-order valence-corrected chi connectivity index (χ3v) is 5.61. The molecule has 2 unspecified atom stereocenters. The van der Waals surface area contributed by atoms with Crippen molar-refractivity contribution in [1.82, 2.24) is 4.90 Å². The molecule has 1 aliphatic rings. The number of aliphatic carboxylic acids is 1. The molecule has 1 saturated heterocycles. The second-order valence-electron chi connectivity index (χ2n) is 6.99. The fraction of sp³-hybridized carbons (Fsp3) is 0.381. The molecule has 0 saturated carbocycles. The van der Waals surface area contributed by atoms with Crippen LogP contribution in [0.2, 0.25) is 0 Å². The van der Waals surface area contributed by atoms with Gasteiger partial charge >= 0.3 is 5.97 Å². The van der Waals surface area contributed by atoms with Crippen molar-refractivity contribution in [3.05, 3.63) is 69.2 Å². The van der Waals surface area contributed by atoms with Gasteiger partial charge in [0.2, 0.25) is 0 Å².